The molecule has 0 radical (unpaired) electrons. The number of fused-ring (bicyclic) bond motifs is 1. The van der Waals surface area contributed by atoms with Crippen LogP contribution in [0.1, 0.15) is 16.9 Å². The molecule has 28 heavy (non-hydrogen) atoms. The summed E-state index contributed by atoms with van der Waals surface area (Å²) in [5, 5.41) is 20.5. The predicted octanol–water partition coefficient (Wildman–Crippen LogP) is 1.19. The van der Waals surface area contributed by atoms with Crippen molar-refractivity contribution in [3.63, 3.8) is 0 Å². The smallest absolute Gasteiger partial charge is 0.405 e. The second kappa shape index (κ2) is 8.73. The first-order valence-electron chi connectivity index (χ1n) is 8.52. The lowest BCUT2D eigenvalue weighted by Crippen LogP contribution is -2.38. The van der Waals surface area contributed by atoms with Crippen LogP contribution in [0.3, 0.4) is 0 Å². The Hall–Kier alpha value is -3.80. The van der Waals surface area contributed by atoms with Gasteiger partial charge < -0.3 is 24.3 Å². The molecular formula is C19H17N3O6. The molecule has 0 N–H and O–H groups in total. The first-order valence-corrected chi connectivity index (χ1v) is 8.52. The molecule has 0 spiro atoms. The van der Waals surface area contributed by atoms with Gasteiger partial charge in [-0.15, -0.1) is 0 Å². The van der Waals surface area contributed by atoms with Crippen molar-refractivity contribution < 1.29 is 28.5 Å². The molecule has 0 aliphatic carbocycles. The number of carbonyl (C=O) groups is 2. The monoisotopic (exact) mass is 383 g/mol. The Labute approximate surface area is 160 Å². The Bertz CT molecular complexity index is 924. The quantitative estimate of drug-likeness (QED) is 0.418. The van der Waals surface area contributed by atoms with E-state index in [2.05, 4.69) is 0 Å². The molecule has 0 saturated heterocycles. The van der Waals surface area contributed by atoms with Crippen LogP contribution in [0, 0.1) is 16.5 Å². The molecule has 1 aliphatic heterocycles. The standard InChI is InChI=1S/C19H17N3O6/c20-7-3-8-21(14-5-6-16-17(12-14)27-11-10-26-16)18(23)13-28-19(24)15-4-1-2-9-22(15)25/h1-2,4-6,9,12H,3,8,10-11,13H2. The fourth-order valence-corrected chi connectivity index (χ4v) is 2.63. The molecule has 0 unspecified atom stereocenters. The molecule has 0 bridgehead atoms. The summed E-state index contributed by atoms with van der Waals surface area (Å²) in [4.78, 5) is 26.0. The van der Waals surface area contributed by atoms with Crippen LogP contribution in [0.5, 0.6) is 11.5 Å². The van der Waals surface area contributed by atoms with Crippen LogP contribution in [0.25, 0.3) is 0 Å². The van der Waals surface area contributed by atoms with Crippen molar-refractivity contribution >= 4 is 17.6 Å². The minimum atomic E-state index is -0.911. The van der Waals surface area contributed by atoms with E-state index in [-0.39, 0.29) is 18.7 Å². The molecule has 2 heterocycles. The normalized spacial score (nSPS) is 12.0. The van der Waals surface area contributed by atoms with Crippen LogP contribution in [0.15, 0.2) is 42.6 Å². The minimum absolute atomic E-state index is 0.0906. The van der Waals surface area contributed by atoms with E-state index in [1.54, 1.807) is 18.2 Å². The molecule has 2 aromatic rings. The molecule has 1 amide bonds. The third-order valence-corrected chi connectivity index (χ3v) is 3.95. The second-order valence-electron chi connectivity index (χ2n) is 5.77. The number of benzene rings is 1. The molecule has 1 aromatic carbocycles. The number of carbonyl (C=O) groups excluding carboxylic acids is 2. The van der Waals surface area contributed by atoms with E-state index in [1.165, 1.54) is 23.1 Å². The fraction of sp³-hybridized carbons (Fsp3) is 0.263. The van der Waals surface area contributed by atoms with Crippen LogP contribution in [-0.2, 0) is 9.53 Å². The molecule has 0 fully saturated rings. The van der Waals surface area contributed by atoms with E-state index < -0.39 is 18.5 Å². The number of hydrogen-bond donors (Lipinski definition) is 0. The van der Waals surface area contributed by atoms with E-state index in [9.17, 15) is 14.8 Å². The van der Waals surface area contributed by atoms with Gasteiger partial charge >= 0.3 is 11.7 Å². The number of pyridine rings is 1. The summed E-state index contributed by atoms with van der Waals surface area (Å²) in [6.07, 6.45) is 1.25. The summed E-state index contributed by atoms with van der Waals surface area (Å²) < 4.78 is 16.3. The van der Waals surface area contributed by atoms with Crippen molar-refractivity contribution in [2.75, 3.05) is 31.3 Å². The first-order chi connectivity index (χ1) is 13.6. The minimum Gasteiger partial charge on any atom is -0.618 e. The maximum atomic E-state index is 12.6. The van der Waals surface area contributed by atoms with E-state index >= 15 is 0 Å². The number of hydrogen-bond acceptors (Lipinski definition) is 7. The molecular weight excluding hydrogens is 366 g/mol. The lowest BCUT2D eigenvalue weighted by atomic mass is 10.2. The summed E-state index contributed by atoms with van der Waals surface area (Å²) in [7, 11) is 0. The van der Waals surface area contributed by atoms with Gasteiger partial charge in [0.2, 0.25) is 0 Å². The van der Waals surface area contributed by atoms with Crippen LogP contribution < -0.4 is 19.1 Å². The van der Waals surface area contributed by atoms with Gasteiger partial charge in [-0.3, -0.25) is 4.79 Å². The lowest BCUT2D eigenvalue weighted by Gasteiger charge is -2.24. The summed E-state index contributed by atoms with van der Waals surface area (Å²) in [5.41, 5.74) is 0.261. The van der Waals surface area contributed by atoms with Gasteiger partial charge in [-0.05, 0) is 18.2 Å². The predicted molar refractivity (Wildman–Crippen MR) is 95.7 cm³/mol. The maximum absolute atomic E-state index is 12.6. The van der Waals surface area contributed by atoms with Crippen molar-refractivity contribution in [2.24, 2.45) is 0 Å². The van der Waals surface area contributed by atoms with Crippen LogP contribution in [0.4, 0.5) is 5.69 Å². The van der Waals surface area contributed by atoms with Crippen molar-refractivity contribution in [1.82, 2.24) is 0 Å². The highest BCUT2D eigenvalue weighted by Crippen LogP contribution is 2.34. The average Bonchev–Trinajstić information content (AvgIpc) is 2.72. The van der Waals surface area contributed by atoms with Gasteiger partial charge in [0.15, 0.2) is 24.3 Å². The number of anilines is 1. The highest BCUT2D eigenvalue weighted by Gasteiger charge is 2.23. The molecule has 1 aromatic heterocycles. The second-order valence-corrected chi connectivity index (χ2v) is 5.77. The fourth-order valence-electron chi connectivity index (χ4n) is 2.63. The largest absolute Gasteiger partial charge is 0.618 e. The Morgan fingerprint density at radius 3 is 2.75 bits per heavy atom. The van der Waals surface area contributed by atoms with E-state index in [1.807, 2.05) is 6.07 Å². The van der Waals surface area contributed by atoms with Gasteiger partial charge in [0.05, 0.1) is 12.5 Å². The lowest BCUT2D eigenvalue weighted by molar-refractivity contribution is -0.608. The summed E-state index contributed by atoms with van der Waals surface area (Å²) in [5.74, 6) is -0.384. The van der Waals surface area contributed by atoms with Gasteiger partial charge in [-0.1, -0.05) is 0 Å². The van der Waals surface area contributed by atoms with E-state index in [0.717, 1.165) is 6.20 Å². The number of aromatic nitrogens is 1. The van der Waals surface area contributed by atoms with Crippen molar-refractivity contribution in [1.29, 1.82) is 5.26 Å². The number of rotatable bonds is 6. The SMILES string of the molecule is N#CCCN(C(=O)COC(=O)c1cccc[n+]1[O-])c1ccc2c(c1)OCCO2. The van der Waals surface area contributed by atoms with E-state index in [0.29, 0.717) is 35.1 Å². The Morgan fingerprint density at radius 1 is 1.21 bits per heavy atom. The number of ether oxygens (including phenoxy) is 3. The van der Waals surface area contributed by atoms with Crippen molar-refractivity contribution in [3.05, 3.63) is 53.5 Å². The zero-order valence-corrected chi connectivity index (χ0v) is 14.9. The van der Waals surface area contributed by atoms with Gasteiger partial charge in [0.25, 0.3) is 5.91 Å². The summed E-state index contributed by atoms with van der Waals surface area (Å²) >= 11 is 0. The average molecular weight is 383 g/mol. The number of amides is 1. The highest BCUT2D eigenvalue weighted by molar-refractivity contribution is 5.96. The molecule has 9 heteroatoms. The third kappa shape index (κ3) is 4.29. The van der Waals surface area contributed by atoms with Gasteiger partial charge in [-0.25, -0.2) is 4.79 Å². The molecule has 144 valence electrons. The number of nitriles is 1. The zero-order valence-electron chi connectivity index (χ0n) is 14.9. The molecule has 9 nitrogen and oxygen atoms in total. The Kier molecular flexibility index (Phi) is 5.91. The zero-order chi connectivity index (χ0) is 19.9. The van der Waals surface area contributed by atoms with Crippen LogP contribution in [0.2, 0.25) is 0 Å². The highest BCUT2D eigenvalue weighted by atomic mass is 16.6. The van der Waals surface area contributed by atoms with Crippen LogP contribution in [-0.4, -0.2) is 38.2 Å². The van der Waals surface area contributed by atoms with E-state index in [4.69, 9.17) is 19.5 Å². The number of esters is 1. The summed E-state index contributed by atoms with van der Waals surface area (Å²) in [6.45, 7) is 0.373. The summed E-state index contributed by atoms with van der Waals surface area (Å²) in [6, 6.07) is 11.2. The van der Waals surface area contributed by atoms with Gasteiger partial charge in [-0.2, -0.15) is 9.99 Å². The number of nitrogens with zero attached hydrogens (tertiary/aromatic N) is 3. The maximum Gasteiger partial charge on any atom is 0.405 e. The Morgan fingerprint density at radius 2 is 2.00 bits per heavy atom. The first kappa shape index (κ1) is 19.0. The molecule has 0 saturated carbocycles. The van der Waals surface area contributed by atoms with Gasteiger partial charge in [0.1, 0.15) is 13.2 Å². The topological polar surface area (TPSA) is 116 Å². The van der Waals surface area contributed by atoms with Crippen molar-refractivity contribution in [2.45, 2.75) is 6.42 Å². The van der Waals surface area contributed by atoms with Gasteiger partial charge in [0, 0.05) is 30.4 Å². The molecule has 0 atom stereocenters. The van der Waals surface area contributed by atoms with Crippen molar-refractivity contribution in [3.8, 4) is 17.6 Å². The Balaban J connectivity index is 1.72. The third-order valence-electron chi connectivity index (χ3n) is 3.95. The van der Waals surface area contributed by atoms with Crippen LogP contribution >= 0.6 is 0 Å². The molecule has 3 rings (SSSR count). The molecule has 1 aliphatic rings.